The zero-order valence-corrected chi connectivity index (χ0v) is 13.3. The van der Waals surface area contributed by atoms with Crippen LogP contribution in [0.1, 0.15) is 15.9 Å². The molecule has 1 N–H and O–H groups in total. The molecular weight excluding hydrogens is 363 g/mol. The lowest BCUT2D eigenvalue weighted by Crippen LogP contribution is -2.15. The zero-order chi connectivity index (χ0) is 15.4. The molecule has 0 atom stereocenters. The average molecular weight is 374 g/mol. The quantitative estimate of drug-likeness (QED) is 0.823. The van der Waals surface area contributed by atoms with Crippen LogP contribution in [-0.4, -0.2) is 18.0 Å². The van der Waals surface area contributed by atoms with Gasteiger partial charge in [0.25, 0.3) is 5.91 Å². The van der Waals surface area contributed by atoms with Crippen LogP contribution in [0.3, 0.4) is 0 Å². The predicted molar refractivity (Wildman–Crippen MR) is 82.0 cm³/mol. The van der Waals surface area contributed by atoms with Gasteiger partial charge in [-0.2, -0.15) is 0 Å². The molecule has 0 saturated carbocycles. The van der Waals surface area contributed by atoms with Crippen LogP contribution in [0, 0.1) is 5.82 Å². The van der Waals surface area contributed by atoms with Crippen molar-refractivity contribution in [3.63, 3.8) is 0 Å². The first-order valence-corrected chi connectivity index (χ1v) is 7.08. The van der Waals surface area contributed by atoms with Crippen LogP contribution >= 0.6 is 27.5 Å². The van der Waals surface area contributed by atoms with E-state index in [1.165, 1.54) is 0 Å². The van der Waals surface area contributed by atoms with Crippen LogP contribution in [0.15, 0.2) is 34.9 Å². The van der Waals surface area contributed by atoms with Crippen LogP contribution in [0.2, 0.25) is 5.15 Å². The van der Waals surface area contributed by atoms with E-state index in [1.807, 2.05) is 6.07 Å². The minimum atomic E-state index is -0.629. The van der Waals surface area contributed by atoms with Crippen molar-refractivity contribution in [2.45, 2.75) is 6.61 Å². The second kappa shape index (κ2) is 6.98. The van der Waals surface area contributed by atoms with Crippen molar-refractivity contribution in [2.24, 2.45) is 0 Å². The van der Waals surface area contributed by atoms with Crippen molar-refractivity contribution < 1.29 is 13.9 Å². The SMILES string of the molecule is COCc1c(Br)cccc1NC(=O)c1cc(F)cnc1Cl. The Labute approximate surface area is 134 Å². The molecule has 0 saturated heterocycles. The van der Waals surface area contributed by atoms with Crippen molar-refractivity contribution in [1.82, 2.24) is 4.98 Å². The molecule has 1 heterocycles. The molecule has 0 radical (unpaired) electrons. The number of nitrogens with one attached hydrogen (secondary N) is 1. The van der Waals surface area contributed by atoms with Gasteiger partial charge in [-0.15, -0.1) is 0 Å². The van der Waals surface area contributed by atoms with Crippen molar-refractivity contribution in [1.29, 1.82) is 0 Å². The number of benzene rings is 1. The van der Waals surface area contributed by atoms with Crippen LogP contribution < -0.4 is 5.32 Å². The molecule has 21 heavy (non-hydrogen) atoms. The summed E-state index contributed by atoms with van der Waals surface area (Å²) in [6.07, 6.45) is 0.953. The zero-order valence-electron chi connectivity index (χ0n) is 11.0. The van der Waals surface area contributed by atoms with Gasteiger partial charge in [0.1, 0.15) is 11.0 Å². The summed E-state index contributed by atoms with van der Waals surface area (Å²) in [4.78, 5) is 15.8. The summed E-state index contributed by atoms with van der Waals surface area (Å²) in [5, 5.41) is 2.62. The van der Waals surface area contributed by atoms with Crippen LogP contribution in [0.25, 0.3) is 0 Å². The number of hydrogen-bond acceptors (Lipinski definition) is 3. The molecule has 7 heteroatoms. The van der Waals surface area contributed by atoms with Gasteiger partial charge >= 0.3 is 0 Å². The lowest BCUT2D eigenvalue weighted by Gasteiger charge is -2.12. The van der Waals surface area contributed by atoms with Gasteiger partial charge in [0, 0.05) is 22.8 Å². The Hall–Kier alpha value is -1.50. The maximum Gasteiger partial charge on any atom is 0.258 e. The number of rotatable bonds is 4. The molecule has 4 nitrogen and oxygen atoms in total. The molecule has 2 rings (SSSR count). The normalized spacial score (nSPS) is 10.5. The monoisotopic (exact) mass is 372 g/mol. The third-order valence-corrected chi connectivity index (χ3v) is 3.75. The first kappa shape index (κ1) is 15.9. The Morgan fingerprint density at radius 1 is 1.52 bits per heavy atom. The number of amides is 1. The van der Waals surface area contributed by atoms with Gasteiger partial charge in [0.05, 0.1) is 18.4 Å². The van der Waals surface area contributed by atoms with Gasteiger partial charge < -0.3 is 10.1 Å². The molecule has 0 bridgehead atoms. The van der Waals surface area contributed by atoms with Gasteiger partial charge in [-0.25, -0.2) is 9.37 Å². The lowest BCUT2D eigenvalue weighted by atomic mass is 10.1. The molecule has 1 amide bonds. The Balaban J connectivity index is 2.31. The fourth-order valence-corrected chi connectivity index (χ4v) is 2.41. The van der Waals surface area contributed by atoms with Crippen molar-refractivity contribution >= 4 is 39.1 Å². The van der Waals surface area contributed by atoms with Crippen LogP contribution in [0.5, 0.6) is 0 Å². The number of ether oxygens (including phenoxy) is 1. The predicted octanol–water partition coefficient (Wildman–Crippen LogP) is 4.04. The number of carbonyl (C=O) groups is 1. The molecule has 110 valence electrons. The maximum absolute atomic E-state index is 13.2. The second-order valence-electron chi connectivity index (χ2n) is 4.14. The van der Waals surface area contributed by atoms with Gasteiger partial charge in [-0.1, -0.05) is 33.6 Å². The van der Waals surface area contributed by atoms with E-state index in [2.05, 4.69) is 26.2 Å². The van der Waals surface area contributed by atoms with Gasteiger partial charge in [0.2, 0.25) is 0 Å². The topological polar surface area (TPSA) is 51.2 Å². The lowest BCUT2D eigenvalue weighted by molar-refractivity contribution is 0.102. The number of aromatic nitrogens is 1. The Kier molecular flexibility index (Phi) is 5.27. The Bertz CT molecular complexity index is 682. The molecule has 0 spiro atoms. The number of nitrogens with zero attached hydrogens (tertiary/aromatic N) is 1. The van der Waals surface area contributed by atoms with Gasteiger partial charge in [-0.3, -0.25) is 4.79 Å². The minimum Gasteiger partial charge on any atom is -0.380 e. The van der Waals surface area contributed by atoms with Crippen LogP contribution in [-0.2, 0) is 11.3 Å². The Morgan fingerprint density at radius 2 is 2.29 bits per heavy atom. The van der Waals surface area contributed by atoms with E-state index in [4.69, 9.17) is 16.3 Å². The van der Waals surface area contributed by atoms with Crippen LogP contribution in [0.4, 0.5) is 10.1 Å². The summed E-state index contributed by atoms with van der Waals surface area (Å²) < 4.78 is 19.1. The number of hydrogen-bond donors (Lipinski definition) is 1. The van der Waals surface area contributed by atoms with E-state index in [0.717, 1.165) is 22.3 Å². The number of carbonyl (C=O) groups excluding carboxylic acids is 1. The molecule has 0 unspecified atom stereocenters. The van der Waals surface area contributed by atoms with E-state index in [-0.39, 0.29) is 10.7 Å². The van der Waals surface area contributed by atoms with Crippen molar-refractivity contribution in [3.8, 4) is 0 Å². The smallest absolute Gasteiger partial charge is 0.258 e. The number of methoxy groups -OCH3 is 1. The fourth-order valence-electron chi connectivity index (χ4n) is 1.74. The van der Waals surface area contributed by atoms with E-state index >= 15 is 0 Å². The highest BCUT2D eigenvalue weighted by Crippen LogP contribution is 2.26. The summed E-state index contributed by atoms with van der Waals surface area (Å²) >= 11 is 9.21. The maximum atomic E-state index is 13.2. The Morgan fingerprint density at radius 3 is 3.00 bits per heavy atom. The first-order valence-electron chi connectivity index (χ1n) is 5.91. The van der Waals surface area contributed by atoms with E-state index < -0.39 is 11.7 Å². The third-order valence-electron chi connectivity index (χ3n) is 2.71. The third kappa shape index (κ3) is 3.78. The highest BCUT2D eigenvalue weighted by molar-refractivity contribution is 9.10. The summed E-state index contributed by atoms with van der Waals surface area (Å²) in [5.74, 6) is -1.17. The molecule has 1 aromatic heterocycles. The first-order chi connectivity index (χ1) is 10.0. The molecule has 0 aliphatic rings. The fraction of sp³-hybridized carbons (Fsp3) is 0.143. The van der Waals surface area contributed by atoms with Gasteiger partial charge in [0.15, 0.2) is 0 Å². The van der Waals surface area contributed by atoms with Crippen molar-refractivity contribution in [3.05, 3.63) is 57.0 Å². The summed E-state index contributed by atoms with van der Waals surface area (Å²) in [6, 6.07) is 6.36. The molecular formula is C14H11BrClFN2O2. The number of anilines is 1. The molecule has 2 aromatic rings. The average Bonchev–Trinajstić information content (AvgIpc) is 2.45. The van der Waals surface area contributed by atoms with Gasteiger partial charge in [-0.05, 0) is 18.2 Å². The summed E-state index contributed by atoms with van der Waals surface area (Å²) in [5.41, 5.74) is 1.30. The second-order valence-corrected chi connectivity index (χ2v) is 5.36. The molecule has 0 aliphatic carbocycles. The highest BCUT2D eigenvalue weighted by atomic mass is 79.9. The minimum absolute atomic E-state index is 0.0278. The highest BCUT2D eigenvalue weighted by Gasteiger charge is 2.15. The largest absolute Gasteiger partial charge is 0.380 e. The number of halogens is 3. The molecule has 0 aliphatic heterocycles. The summed E-state index contributed by atoms with van der Waals surface area (Å²) in [6.45, 7) is 0.312. The molecule has 0 fully saturated rings. The van der Waals surface area contributed by atoms with E-state index in [1.54, 1.807) is 19.2 Å². The van der Waals surface area contributed by atoms with Crippen molar-refractivity contribution in [2.75, 3.05) is 12.4 Å². The molecule has 1 aromatic carbocycles. The standard InChI is InChI=1S/C14H11BrClFN2O2/c1-21-7-10-11(15)3-2-4-12(10)19-14(20)9-5-8(17)6-18-13(9)16/h2-6H,7H2,1H3,(H,19,20). The van der Waals surface area contributed by atoms with E-state index in [9.17, 15) is 9.18 Å². The van der Waals surface area contributed by atoms with E-state index in [0.29, 0.717) is 12.3 Å². The number of pyridine rings is 1. The summed E-state index contributed by atoms with van der Waals surface area (Å²) in [7, 11) is 1.55.